The van der Waals surface area contributed by atoms with Gasteiger partial charge in [-0.1, -0.05) is 0 Å². The first-order chi connectivity index (χ1) is 4.97. The van der Waals surface area contributed by atoms with Gasteiger partial charge in [-0.3, -0.25) is 5.32 Å². The number of rotatable bonds is 1. The molecule has 1 aromatic rings. The minimum Gasteiger partial charge on any atom is -0.467 e. The zero-order chi connectivity index (χ0) is 6.81. The van der Waals surface area contributed by atoms with E-state index in [4.69, 9.17) is 4.42 Å². The predicted octanol–water partition coefficient (Wildman–Crippen LogP) is 1.61. The summed E-state index contributed by atoms with van der Waals surface area (Å²) in [6.07, 6.45) is 1.72. The maximum absolute atomic E-state index is 5.23. The Hall–Kier alpha value is -0.410. The smallest absolute Gasteiger partial charge is 0.130 e. The minimum atomic E-state index is 0.398. The van der Waals surface area contributed by atoms with E-state index in [1.165, 1.54) is 5.75 Å². The number of hydrogen-bond donors (Lipinski definition) is 1. The summed E-state index contributed by atoms with van der Waals surface area (Å²) in [7, 11) is 0. The molecule has 0 bridgehead atoms. The number of thioether (sulfide) groups is 1. The van der Waals surface area contributed by atoms with Crippen LogP contribution in [0.1, 0.15) is 11.1 Å². The molecular weight excluding hydrogens is 146 g/mol. The summed E-state index contributed by atoms with van der Waals surface area (Å²) in [6.45, 7) is 1.09. The minimum absolute atomic E-state index is 0.398. The molecule has 0 amide bonds. The van der Waals surface area contributed by atoms with Crippen molar-refractivity contribution < 1.29 is 4.42 Å². The van der Waals surface area contributed by atoms with Gasteiger partial charge in [0.15, 0.2) is 0 Å². The van der Waals surface area contributed by atoms with Crippen molar-refractivity contribution in [2.75, 3.05) is 12.3 Å². The SMILES string of the molecule is c1coc([C@H]2NCCS2)c1. The van der Waals surface area contributed by atoms with Gasteiger partial charge in [0, 0.05) is 12.3 Å². The van der Waals surface area contributed by atoms with E-state index >= 15 is 0 Å². The van der Waals surface area contributed by atoms with Gasteiger partial charge in [-0.05, 0) is 12.1 Å². The fourth-order valence-electron chi connectivity index (χ4n) is 1.05. The standard InChI is InChI=1S/C7H9NOS/c1-2-6(9-4-1)7-8-3-5-10-7/h1-2,4,7-8H,3,5H2/t7-/m0/s1. The Morgan fingerprint density at radius 2 is 2.70 bits per heavy atom. The lowest BCUT2D eigenvalue weighted by molar-refractivity contribution is 0.488. The summed E-state index contributed by atoms with van der Waals surface area (Å²) in [5.74, 6) is 2.23. The first-order valence-electron chi connectivity index (χ1n) is 3.35. The van der Waals surface area contributed by atoms with Gasteiger partial charge >= 0.3 is 0 Å². The maximum Gasteiger partial charge on any atom is 0.130 e. The molecule has 0 spiro atoms. The monoisotopic (exact) mass is 155 g/mol. The van der Waals surface area contributed by atoms with Crippen LogP contribution in [0.3, 0.4) is 0 Å². The third kappa shape index (κ3) is 1.07. The molecule has 54 valence electrons. The second kappa shape index (κ2) is 2.68. The average Bonchev–Trinajstić information content (AvgIpc) is 2.59. The fourth-order valence-corrected chi connectivity index (χ4v) is 2.05. The zero-order valence-corrected chi connectivity index (χ0v) is 6.36. The highest BCUT2D eigenvalue weighted by molar-refractivity contribution is 7.99. The highest BCUT2D eigenvalue weighted by Crippen LogP contribution is 2.29. The predicted molar refractivity (Wildman–Crippen MR) is 41.9 cm³/mol. The molecule has 0 aliphatic carbocycles. The lowest BCUT2D eigenvalue weighted by atomic mass is 10.4. The molecule has 2 heterocycles. The Kier molecular flexibility index (Phi) is 1.69. The Balaban J connectivity index is 2.12. The number of nitrogens with one attached hydrogen (secondary N) is 1. The van der Waals surface area contributed by atoms with Crippen molar-refractivity contribution in [3.63, 3.8) is 0 Å². The van der Waals surface area contributed by atoms with E-state index in [0.29, 0.717) is 5.37 Å². The van der Waals surface area contributed by atoms with E-state index < -0.39 is 0 Å². The molecule has 1 saturated heterocycles. The maximum atomic E-state index is 5.23. The molecule has 0 unspecified atom stereocenters. The van der Waals surface area contributed by atoms with E-state index in [2.05, 4.69) is 5.32 Å². The Morgan fingerprint density at radius 1 is 1.70 bits per heavy atom. The van der Waals surface area contributed by atoms with Crippen LogP contribution in [0.2, 0.25) is 0 Å². The lowest BCUT2D eigenvalue weighted by Crippen LogP contribution is -2.10. The van der Waals surface area contributed by atoms with Gasteiger partial charge in [-0.25, -0.2) is 0 Å². The van der Waals surface area contributed by atoms with Crippen molar-refractivity contribution in [2.24, 2.45) is 0 Å². The molecule has 3 heteroatoms. The molecule has 10 heavy (non-hydrogen) atoms. The molecule has 1 aliphatic rings. The first-order valence-corrected chi connectivity index (χ1v) is 4.40. The van der Waals surface area contributed by atoms with Gasteiger partial charge in [0.1, 0.15) is 11.1 Å². The average molecular weight is 155 g/mol. The molecule has 0 saturated carbocycles. The summed E-state index contributed by atoms with van der Waals surface area (Å²) in [5.41, 5.74) is 0. The van der Waals surface area contributed by atoms with Crippen LogP contribution in [0.15, 0.2) is 22.8 Å². The number of hydrogen-bond acceptors (Lipinski definition) is 3. The first kappa shape index (κ1) is 6.31. The summed E-state index contributed by atoms with van der Waals surface area (Å²) < 4.78 is 5.23. The van der Waals surface area contributed by atoms with Gasteiger partial charge in [0.2, 0.25) is 0 Å². The Labute approximate surface area is 64.0 Å². The van der Waals surface area contributed by atoms with Crippen molar-refractivity contribution in [3.05, 3.63) is 24.2 Å². The molecule has 0 aromatic carbocycles. The lowest BCUT2D eigenvalue weighted by Gasteiger charge is -2.03. The van der Waals surface area contributed by atoms with E-state index in [0.717, 1.165) is 12.3 Å². The van der Waals surface area contributed by atoms with E-state index in [-0.39, 0.29) is 0 Å². The van der Waals surface area contributed by atoms with Crippen LogP contribution in [-0.4, -0.2) is 12.3 Å². The second-order valence-corrected chi connectivity index (χ2v) is 3.43. The molecule has 2 nitrogen and oxygen atoms in total. The Morgan fingerprint density at radius 3 is 3.30 bits per heavy atom. The third-order valence-electron chi connectivity index (χ3n) is 1.52. The van der Waals surface area contributed by atoms with Gasteiger partial charge < -0.3 is 4.42 Å². The summed E-state index contributed by atoms with van der Waals surface area (Å²) >= 11 is 1.90. The molecule has 1 aromatic heterocycles. The zero-order valence-electron chi connectivity index (χ0n) is 5.54. The fraction of sp³-hybridized carbons (Fsp3) is 0.429. The summed E-state index contributed by atoms with van der Waals surface area (Å²) in [6, 6.07) is 3.94. The van der Waals surface area contributed by atoms with Gasteiger partial charge in [-0.15, -0.1) is 11.8 Å². The molecule has 0 radical (unpaired) electrons. The van der Waals surface area contributed by atoms with Crippen LogP contribution < -0.4 is 5.32 Å². The van der Waals surface area contributed by atoms with Crippen molar-refractivity contribution >= 4 is 11.8 Å². The van der Waals surface area contributed by atoms with Crippen LogP contribution in [0.4, 0.5) is 0 Å². The topological polar surface area (TPSA) is 25.2 Å². The normalized spacial score (nSPS) is 25.4. The van der Waals surface area contributed by atoms with Crippen LogP contribution in [0.5, 0.6) is 0 Å². The highest BCUT2D eigenvalue weighted by atomic mass is 32.2. The molecule has 2 rings (SSSR count). The van der Waals surface area contributed by atoms with Crippen LogP contribution in [-0.2, 0) is 0 Å². The van der Waals surface area contributed by atoms with Gasteiger partial charge in [0.25, 0.3) is 0 Å². The molecule has 1 N–H and O–H groups in total. The highest BCUT2D eigenvalue weighted by Gasteiger charge is 2.18. The second-order valence-electron chi connectivity index (χ2n) is 2.22. The van der Waals surface area contributed by atoms with Crippen LogP contribution >= 0.6 is 11.8 Å². The largest absolute Gasteiger partial charge is 0.467 e. The van der Waals surface area contributed by atoms with E-state index in [9.17, 15) is 0 Å². The van der Waals surface area contributed by atoms with Crippen molar-refractivity contribution in [1.82, 2.24) is 5.32 Å². The molecule has 1 fully saturated rings. The molecular formula is C7H9NOS. The van der Waals surface area contributed by atoms with Crippen LogP contribution in [0, 0.1) is 0 Å². The summed E-state index contributed by atoms with van der Waals surface area (Å²) in [4.78, 5) is 0. The number of furan rings is 1. The van der Waals surface area contributed by atoms with Crippen molar-refractivity contribution in [1.29, 1.82) is 0 Å². The molecule has 1 aliphatic heterocycles. The Bertz CT molecular complexity index is 191. The van der Waals surface area contributed by atoms with Gasteiger partial charge in [-0.2, -0.15) is 0 Å². The molecule has 1 atom stereocenters. The van der Waals surface area contributed by atoms with Crippen molar-refractivity contribution in [2.45, 2.75) is 5.37 Å². The van der Waals surface area contributed by atoms with E-state index in [1.807, 2.05) is 23.9 Å². The van der Waals surface area contributed by atoms with Crippen molar-refractivity contribution in [3.8, 4) is 0 Å². The summed E-state index contributed by atoms with van der Waals surface area (Å²) in [5, 5.41) is 3.73. The van der Waals surface area contributed by atoms with E-state index in [1.54, 1.807) is 6.26 Å². The third-order valence-corrected chi connectivity index (χ3v) is 2.69. The quantitative estimate of drug-likeness (QED) is 0.667. The van der Waals surface area contributed by atoms with Gasteiger partial charge in [0.05, 0.1) is 6.26 Å². The van der Waals surface area contributed by atoms with Crippen LogP contribution in [0.25, 0.3) is 0 Å².